The molecule has 4 nitrogen and oxygen atoms in total. The first-order chi connectivity index (χ1) is 8.19. The van der Waals surface area contributed by atoms with Gasteiger partial charge < -0.3 is 15.7 Å². The molecule has 1 aliphatic carbocycles. The quantitative estimate of drug-likeness (QED) is 0.747. The molecule has 0 radical (unpaired) electrons. The van der Waals surface area contributed by atoms with Gasteiger partial charge in [-0.25, -0.2) is 0 Å². The first-order valence-corrected chi connectivity index (χ1v) is 5.99. The first kappa shape index (κ1) is 12.2. The van der Waals surface area contributed by atoms with E-state index in [0.29, 0.717) is 16.8 Å². The zero-order valence-electron chi connectivity index (χ0n) is 9.37. The van der Waals surface area contributed by atoms with Crippen LogP contribution in [0.25, 0.3) is 0 Å². The number of carbonyl (C=O) groups excluding carboxylic acids is 1. The van der Waals surface area contributed by atoms with Crippen molar-refractivity contribution >= 4 is 23.2 Å². The summed E-state index contributed by atoms with van der Waals surface area (Å²) in [6.45, 7) is 0.158. The lowest BCUT2D eigenvalue weighted by Gasteiger charge is -2.09. The SMILES string of the molecule is O=C(CNc1cc(CO)ccc1Cl)NC1CC1. The number of aliphatic hydroxyl groups is 1. The van der Waals surface area contributed by atoms with Gasteiger partial charge in [-0.3, -0.25) is 4.79 Å². The third kappa shape index (κ3) is 3.61. The maximum atomic E-state index is 11.5. The number of amides is 1. The van der Waals surface area contributed by atoms with Crippen LogP contribution in [0.3, 0.4) is 0 Å². The van der Waals surface area contributed by atoms with E-state index in [2.05, 4.69) is 10.6 Å². The van der Waals surface area contributed by atoms with Crippen molar-refractivity contribution < 1.29 is 9.90 Å². The Bertz CT molecular complexity index is 419. The maximum Gasteiger partial charge on any atom is 0.239 e. The number of halogens is 1. The summed E-state index contributed by atoms with van der Waals surface area (Å²) in [6.07, 6.45) is 2.15. The molecule has 3 N–H and O–H groups in total. The van der Waals surface area contributed by atoms with Crippen LogP contribution in [0, 0.1) is 0 Å². The molecule has 92 valence electrons. The van der Waals surface area contributed by atoms with E-state index in [4.69, 9.17) is 16.7 Å². The van der Waals surface area contributed by atoms with Crippen molar-refractivity contribution in [3.63, 3.8) is 0 Å². The molecule has 1 aromatic carbocycles. The van der Waals surface area contributed by atoms with Crippen molar-refractivity contribution in [2.24, 2.45) is 0 Å². The van der Waals surface area contributed by atoms with Crippen LogP contribution in [-0.2, 0) is 11.4 Å². The fourth-order valence-corrected chi connectivity index (χ4v) is 1.67. The third-order valence-electron chi connectivity index (χ3n) is 2.60. The van der Waals surface area contributed by atoms with Crippen LogP contribution in [0.1, 0.15) is 18.4 Å². The highest BCUT2D eigenvalue weighted by Crippen LogP contribution is 2.23. The lowest BCUT2D eigenvalue weighted by atomic mass is 10.2. The van der Waals surface area contributed by atoms with Crippen LogP contribution in [0.2, 0.25) is 5.02 Å². The molecule has 1 fully saturated rings. The molecule has 2 rings (SSSR count). The minimum atomic E-state index is -0.0415. The van der Waals surface area contributed by atoms with E-state index in [9.17, 15) is 4.79 Å². The van der Waals surface area contributed by atoms with Crippen molar-refractivity contribution in [3.05, 3.63) is 28.8 Å². The van der Waals surface area contributed by atoms with Gasteiger partial charge in [-0.2, -0.15) is 0 Å². The lowest BCUT2D eigenvalue weighted by molar-refractivity contribution is -0.119. The summed E-state index contributed by atoms with van der Waals surface area (Å²) in [4.78, 5) is 11.5. The maximum absolute atomic E-state index is 11.5. The molecule has 0 bridgehead atoms. The van der Waals surface area contributed by atoms with Crippen LogP contribution in [-0.4, -0.2) is 23.6 Å². The fourth-order valence-electron chi connectivity index (χ4n) is 1.49. The minimum absolute atomic E-state index is 0.0297. The summed E-state index contributed by atoms with van der Waals surface area (Å²) in [7, 11) is 0. The number of hydrogen-bond acceptors (Lipinski definition) is 3. The normalized spacial score (nSPS) is 14.5. The van der Waals surface area contributed by atoms with E-state index >= 15 is 0 Å². The second kappa shape index (κ2) is 5.38. The first-order valence-electron chi connectivity index (χ1n) is 5.61. The molecule has 0 spiro atoms. The Kier molecular flexibility index (Phi) is 3.86. The van der Waals surface area contributed by atoms with Crippen LogP contribution in [0.4, 0.5) is 5.69 Å². The predicted octanol–water partition coefficient (Wildman–Crippen LogP) is 1.52. The van der Waals surface area contributed by atoms with Gasteiger partial charge in [-0.05, 0) is 30.5 Å². The highest BCUT2D eigenvalue weighted by Gasteiger charge is 2.22. The minimum Gasteiger partial charge on any atom is -0.392 e. The molecular formula is C12H15ClN2O2. The summed E-state index contributed by atoms with van der Waals surface area (Å²) >= 11 is 5.98. The van der Waals surface area contributed by atoms with Gasteiger partial charge in [0.15, 0.2) is 0 Å². The second-order valence-corrected chi connectivity index (χ2v) is 4.57. The number of anilines is 1. The molecule has 1 aromatic rings. The monoisotopic (exact) mass is 254 g/mol. The van der Waals surface area contributed by atoms with E-state index in [0.717, 1.165) is 18.4 Å². The van der Waals surface area contributed by atoms with Crippen molar-refractivity contribution in [2.75, 3.05) is 11.9 Å². The van der Waals surface area contributed by atoms with Crippen LogP contribution in [0.15, 0.2) is 18.2 Å². The molecule has 17 heavy (non-hydrogen) atoms. The van der Waals surface area contributed by atoms with Crippen LogP contribution in [0.5, 0.6) is 0 Å². The van der Waals surface area contributed by atoms with Crippen molar-refractivity contribution in [3.8, 4) is 0 Å². The number of rotatable bonds is 5. The van der Waals surface area contributed by atoms with Gasteiger partial charge in [-0.15, -0.1) is 0 Å². The molecule has 0 atom stereocenters. The van der Waals surface area contributed by atoms with E-state index < -0.39 is 0 Å². The molecule has 5 heteroatoms. The number of carbonyl (C=O) groups is 1. The second-order valence-electron chi connectivity index (χ2n) is 4.17. The number of nitrogens with one attached hydrogen (secondary N) is 2. The molecule has 0 aliphatic heterocycles. The summed E-state index contributed by atoms with van der Waals surface area (Å²) in [5, 5.41) is 15.4. The summed E-state index contributed by atoms with van der Waals surface area (Å²) in [5.74, 6) is -0.0297. The van der Waals surface area contributed by atoms with Gasteiger partial charge >= 0.3 is 0 Å². The van der Waals surface area contributed by atoms with Crippen molar-refractivity contribution in [1.82, 2.24) is 5.32 Å². The molecule has 1 amide bonds. The van der Waals surface area contributed by atoms with Gasteiger partial charge in [0.25, 0.3) is 0 Å². The Morgan fingerprint density at radius 2 is 2.24 bits per heavy atom. The smallest absolute Gasteiger partial charge is 0.239 e. The lowest BCUT2D eigenvalue weighted by Crippen LogP contribution is -2.31. The van der Waals surface area contributed by atoms with Crippen molar-refractivity contribution in [2.45, 2.75) is 25.5 Å². The van der Waals surface area contributed by atoms with Gasteiger partial charge in [0.05, 0.1) is 23.9 Å². The average Bonchev–Trinajstić information content (AvgIpc) is 3.12. The Hall–Kier alpha value is -1.26. The Balaban J connectivity index is 1.90. The summed E-state index contributed by atoms with van der Waals surface area (Å²) in [6, 6.07) is 5.56. The van der Waals surface area contributed by atoms with Crippen molar-refractivity contribution in [1.29, 1.82) is 0 Å². The topological polar surface area (TPSA) is 61.4 Å². The van der Waals surface area contributed by atoms with Crippen LogP contribution >= 0.6 is 11.6 Å². The predicted molar refractivity (Wildman–Crippen MR) is 67.0 cm³/mol. The number of aliphatic hydroxyl groups excluding tert-OH is 1. The standard InChI is InChI=1S/C12H15ClN2O2/c13-10-4-1-8(7-16)5-11(10)14-6-12(17)15-9-2-3-9/h1,4-5,9,14,16H,2-3,6-7H2,(H,15,17). The van der Waals surface area contributed by atoms with E-state index in [1.165, 1.54) is 0 Å². The Labute approximate surface area is 105 Å². The van der Waals surface area contributed by atoms with Gasteiger partial charge in [0.1, 0.15) is 0 Å². The average molecular weight is 255 g/mol. The van der Waals surface area contributed by atoms with Gasteiger partial charge in [0.2, 0.25) is 5.91 Å². The van der Waals surface area contributed by atoms with E-state index in [-0.39, 0.29) is 19.1 Å². The molecule has 1 aliphatic rings. The van der Waals surface area contributed by atoms with Gasteiger partial charge in [-0.1, -0.05) is 17.7 Å². The molecule has 0 unspecified atom stereocenters. The molecular weight excluding hydrogens is 240 g/mol. The molecule has 0 heterocycles. The highest BCUT2D eigenvalue weighted by molar-refractivity contribution is 6.33. The van der Waals surface area contributed by atoms with Crippen LogP contribution < -0.4 is 10.6 Å². The Morgan fingerprint density at radius 3 is 2.88 bits per heavy atom. The largest absolute Gasteiger partial charge is 0.392 e. The zero-order chi connectivity index (χ0) is 12.3. The van der Waals surface area contributed by atoms with E-state index in [1.54, 1.807) is 18.2 Å². The number of hydrogen-bond donors (Lipinski definition) is 3. The third-order valence-corrected chi connectivity index (χ3v) is 2.92. The molecule has 0 aromatic heterocycles. The summed E-state index contributed by atoms with van der Waals surface area (Å²) < 4.78 is 0. The molecule has 1 saturated carbocycles. The van der Waals surface area contributed by atoms with Gasteiger partial charge in [0, 0.05) is 6.04 Å². The Morgan fingerprint density at radius 1 is 1.47 bits per heavy atom. The zero-order valence-corrected chi connectivity index (χ0v) is 10.1. The van der Waals surface area contributed by atoms with E-state index in [1.807, 2.05) is 0 Å². The highest BCUT2D eigenvalue weighted by atomic mass is 35.5. The fraction of sp³-hybridized carbons (Fsp3) is 0.417. The summed E-state index contributed by atoms with van der Waals surface area (Å²) in [5.41, 5.74) is 1.43. The number of benzene rings is 1. The molecule has 0 saturated heterocycles.